The molecule has 1 amide bonds. The van der Waals surface area contributed by atoms with E-state index < -0.39 is 0 Å². The first-order chi connectivity index (χ1) is 7.75. The molecule has 4 nitrogen and oxygen atoms in total. The molecule has 0 spiro atoms. The number of carbonyl (C=O) groups excluding carboxylic acids is 1. The Morgan fingerprint density at radius 3 is 2.69 bits per heavy atom. The molecule has 2 saturated heterocycles. The Balaban J connectivity index is 1.68. The summed E-state index contributed by atoms with van der Waals surface area (Å²) in [5, 5.41) is 6.31. The molecular weight excluding hydrogens is 204 g/mol. The smallest absolute Gasteiger partial charge is 0.220 e. The van der Waals surface area contributed by atoms with E-state index in [4.69, 9.17) is 4.74 Å². The number of rotatable bonds is 4. The second-order valence-electron chi connectivity index (χ2n) is 5.03. The Labute approximate surface area is 97.1 Å². The monoisotopic (exact) mass is 226 g/mol. The van der Waals surface area contributed by atoms with Gasteiger partial charge in [0.15, 0.2) is 0 Å². The lowest BCUT2D eigenvalue weighted by Crippen LogP contribution is -2.46. The molecule has 2 fully saturated rings. The van der Waals surface area contributed by atoms with E-state index in [2.05, 4.69) is 17.6 Å². The third-order valence-corrected chi connectivity index (χ3v) is 3.70. The average molecular weight is 226 g/mol. The number of ether oxygens (including phenoxy) is 1. The van der Waals surface area contributed by atoms with Gasteiger partial charge in [-0.05, 0) is 44.7 Å². The van der Waals surface area contributed by atoms with Crippen LogP contribution in [0, 0.1) is 11.8 Å². The molecule has 2 heterocycles. The van der Waals surface area contributed by atoms with Gasteiger partial charge < -0.3 is 15.4 Å². The highest BCUT2D eigenvalue weighted by Crippen LogP contribution is 2.19. The number of hydrogen-bond donors (Lipinski definition) is 2. The van der Waals surface area contributed by atoms with Crippen LogP contribution in [-0.4, -0.2) is 38.3 Å². The van der Waals surface area contributed by atoms with Crippen LogP contribution in [0.15, 0.2) is 0 Å². The van der Waals surface area contributed by atoms with Crippen molar-refractivity contribution < 1.29 is 9.53 Å². The van der Waals surface area contributed by atoms with Crippen molar-refractivity contribution in [2.45, 2.75) is 32.2 Å². The number of amides is 1. The van der Waals surface area contributed by atoms with E-state index in [9.17, 15) is 4.79 Å². The standard InChI is InChI=1S/C12H22N2O2/c1-9(11-2-4-16-5-3-11)14-12(15)6-10-7-13-8-10/h9-11,13H,2-8H2,1H3,(H,14,15). The molecule has 0 aromatic carbocycles. The minimum absolute atomic E-state index is 0.213. The summed E-state index contributed by atoms with van der Waals surface area (Å²) in [5.74, 6) is 1.37. The van der Waals surface area contributed by atoms with Crippen molar-refractivity contribution in [1.29, 1.82) is 0 Å². The van der Waals surface area contributed by atoms with Crippen LogP contribution < -0.4 is 10.6 Å². The Morgan fingerprint density at radius 1 is 1.44 bits per heavy atom. The van der Waals surface area contributed by atoms with Crippen LogP contribution in [0.4, 0.5) is 0 Å². The van der Waals surface area contributed by atoms with Crippen LogP contribution in [0.2, 0.25) is 0 Å². The topological polar surface area (TPSA) is 50.4 Å². The molecule has 2 aliphatic heterocycles. The highest BCUT2D eigenvalue weighted by Gasteiger charge is 2.24. The molecule has 0 aromatic heterocycles. The van der Waals surface area contributed by atoms with Crippen LogP contribution in [0.1, 0.15) is 26.2 Å². The van der Waals surface area contributed by atoms with Crippen molar-refractivity contribution in [2.24, 2.45) is 11.8 Å². The summed E-state index contributed by atoms with van der Waals surface area (Å²) < 4.78 is 5.32. The van der Waals surface area contributed by atoms with E-state index in [1.807, 2.05) is 0 Å². The molecule has 0 saturated carbocycles. The summed E-state index contributed by atoms with van der Waals surface area (Å²) in [4.78, 5) is 11.7. The minimum atomic E-state index is 0.213. The van der Waals surface area contributed by atoms with Crippen molar-refractivity contribution in [3.63, 3.8) is 0 Å². The van der Waals surface area contributed by atoms with Gasteiger partial charge in [-0.2, -0.15) is 0 Å². The third-order valence-electron chi connectivity index (χ3n) is 3.70. The maximum atomic E-state index is 11.7. The largest absolute Gasteiger partial charge is 0.381 e. The van der Waals surface area contributed by atoms with Gasteiger partial charge in [-0.15, -0.1) is 0 Å². The summed E-state index contributed by atoms with van der Waals surface area (Å²) in [6.07, 6.45) is 2.83. The molecule has 92 valence electrons. The van der Waals surface area contributed by atoms with Crippen molar-refractivity contribution in [3.05, 3.63) is 0 Å². The maximum Gasteiger partial charge on any atom is 0.220 e. The summed E-state index contributed by atoms with van der Waals surface area (Å²) in [5.41, 5.74) is 0. The predicted octanol–water partition coefficient (Wildman–Crippen LogP) is 0.527. The Bertz CT molecular complexity index is 235. The molecule has 2 aliphatic rings. The SMILES string of the molecule is CC(NC(=O)CC1CNC1)C1CCOCC1. The Kier molecular flexibility index (Phi) is 4.18. The molecule has 1 unspecified atom stereocenters. The van der Waals surface area contributed by atoms with Crippen LogP contribution in [0.5, 0.6) is 0 Å². The van der Waals surface area contributed by atoms with E-state index in [0.29, 0.717) is 24.3 Å². The molecule has 2 rings (SSSR count). The average Bonchev–Trinajstić information content (AvgIpc) is 2.25. The maximum absolute atomic E-state index is 11.7. The second-order valence-corrected chi connectivity index (χ2v) is 5.03. The van der Waals surface area contributed by atoms with Crippen molar-refractivity contribution in [3.8, 4) is 0 Å². The number of hydrogen-bond acceptors (Lipinski definition) is 3. The third kappa shape index (κ3) is 3.19. The first-order valence-corrected chi connectivity index (χ1v) is 6.33. The highest BCUT2D eigenvalue weighted by atomic mass is 16.5. The lowest BCUT2D eigenvalue weighted by Gasteiger charge is -2.30. The Morgan fingerprint density at radius 2 is 2.12 bits per heavy atom. The van der Waals surface area contributed by atoms with Crippen LogP contribution >= 0.6 is 0 Å². The van der Waals surface area contributed by atoms with Crippen molar-refractivity contribution in [1.82, 2.24) is 10.6 Å². The molecule has 0 radical (unpaired) electrons. The first-order valence-electron chi connectivity index (χ1n) is 6.33. The molecule has 1 atom stereocenters. The van der Waals surface area contributed by atoms with Gasteiger partial charge in [0.2, 0.25) is 5.91 Å². The van der Waals surface area contributed by atoms with Gasteiger partial charge in [-0.1, -0.05) is 0 Å². The van der Waals surface area contributed by atoms with Crippen LogP contribution in [0.25, 0.3) is 0 Å². The molecule has 0 aliphatic carbocycles. The van der Waals surface area contributed by atoms with Gasteiger partial charge in [0.25, 0.3) is 0 Å². The molecule has 16 heavy (non-hydrogen) atoms. The molecular formula is C12H22N2O2. The lowest BCUT2D eigenvalue weighted by atomic mass is 9.92. The summed E-state index contributed by atoms with van der Waals surface area (Å²) >= 11 is 0. The summed E-state index contributed by atoms with van der Waals surface area (Å²) in [7, 11) is 0. The van der Waals surface area contributed by atoms with E-state index in [-0.39, 0.29) is 5.91 Å². The van der Waals surface area contributed by atoms with E-state index in [0.717, 1.165) is 39.1 Å². The van der Waals surface area contributed by atoms with Crippen molar-refractivity contribution >= 4 is 5.91 Å². The van der Waals surface area contributed by atoms with E-state index in [1.54, 1.807) is 0 Å². The van der Waals surface area contributed by atoms with Gasteiger partial charge in [0, 0.05) is 25.7 Å². The molecule has 0 aromatic rings. The fraction of sp³-hybridized carbons (Fsp3) is 0.917. The number of carbonyl (C=O) groups is 1. The zero-order chi connectivity index (χ0) is 11.4. The fourth-order valence-electron chi connectivity index (χ4n) is 2.40. The summed E-state index contributed by atoms with van der Waals surface area (Å²) in [6, 6.07) is 0.296. The number of nitrogens with one attached hydrogen (secondary N) is 2. The van der Waals surface area contributed by atoms with Gasteiger partial charge in [0.05, 0.1) is 0 Å². The first kappa shape index (κ1) is 11.9. The van der Waals surface area contributed by atoms with Gasteiger partial charge >= 0.3 is 0 Å². The quantitative estimate of drug-likeness (QED) is 0.735. The van der Waals surface area contributed by atoms with E-state index in [1.165, 1.54) is 0 Å². The van der Waals surface area contributed by atoms with Crippen molar-refractivity contribution in [2.75, 3.05) is 26.3 Å². The molecule has 0 bridgehead atoms. The second kappa shape index (κ2) is 5.64. The van der Waals surface area contributed by atoms with Crippen LogP contribution in [0.3, 0.4) is 0 Å². The zero-order valence-electron chi connectivity index (χ0n) is 10.00. The van der Waals surface area contributed by atoms with Gasteiger partial charge in [-0.3, -0.25) is 4.79 Å². The highest BCUT2D eigenvalue weighted by molar-refractivity contribution is 5.76. The lowest BCUT2D eigenvalue weighted by molar-refractivity contribution is -0.123. The predicted molar refractivity (Wildman–Crippen MR) is 62.1 cm³/mol. The summed E-state index contributed by atoms with van der Waals surface area (Å²) in [6.45, 7) is 5.81. The van der Waals surface area contributed by atoms with Gasteiger partial charge in [0.1, 0.15) is 0 Å². The van der Waals surface area contributed by atoms with Gasteiger partial charge in [-0.25, -0.2) is 0 Å². The fourth-order valence-corrected chi connectivity index (χ4v) is 2.40. The Hall–Kier alpha value is -0.610. The normalized spacial score (nSPS) is 24.8. The zero-order valence-corrected chi connectivity index (χ0v) is 10.00. The molecule has 2 N–H and O–H groups in total. The minimum Gasteiger partial charge on any atom is -0.381 e. The van der Waals surface area contributed by atoms with E-state index >= 15 is 0 Å². The molecule has 4 heteroatoms. The van der Waals surface area contributed by atoms with Crippen LogP contribution in [-0.2, 0) is 9.53 Å².